The van der Waals surface area contributed by atoms with Gasteiger partial charge in [-0.2, -0.15) is 0 Å². The molecule has 4 nitrogen and oxygen atoms in total. The lowest BCUT2D eigenvalue weighted by atomic mass is 9.85. The Kier molecular flexibility index (Phi) is 8.48. The molecule has 0 spiro atoms. The van der Waals surface area contributed by atoms with Crippen molar-refractivity contribution in [1.29, 1.82) is 0 Å². The number of ketones is 1. The smallest absolute Gasteiger partial charge is 0.330 e. The zero-order valence-electron chi connectivity index (χ0n) is 17.6. The number of hydrogen-bond donors (Lipinski definition) is 0. The molecule has 148 valence electrons. The molecular formula is C21H36O4Si. The molecule has 0 aromatic rings. The van der Waals surface area contributed by atoms with Crippen LogP contribution in [0.2, 0.25) is 18.1 Å². The Labute approximate surface area is 160 Å². The number of rotatable bonds is 8. The fourth-order valence-electron chi connectivity index (χ4n) is 2.75. The molecule has 0 amide bonds. The number of carbonyl (C=O) groups excluding carboxylic acids is 2. The molecule has 0 aliphatic heterocycles. The van der Waals surface area contributed by atoms with Gasteiger partial charge in [-0.25, -0.2) is 4.79 Å². The second-order valence-corrected chi connectivity index (χ2v) is 13.5. The first-order chi connectivity index (χ1) is 12.0. The maximum Gasteiger partial charge on any atom is 0.330 e. The fourth-order valence-corrected chi connectivity index (χ4v) is 4.06. The van der Waals surface area contributed by atoms with E-state index in [0.717, 1.165) is 25.7 Å². The highest BCUT2D eigenvalue weighted by atomic mass is 28.4. The van der Waals surface area contributed by atoms with Gasteiger partial charge in [0.05, 0.1) is 12.7 Å². The first-order valence-corrected chi connectivity index (χ1v) is 12.6. The molecule has 5 heteroatoms. The molecule has 2 atom stereocenters. The molecule has 1 unspecified atom stereocenters. The van der Waals surface area contributed by atoms with Crippen LogP contribution in [0.1, 0.15) is 60.3 Å². The van der Waals surface area contributed by atoms with Gasteiger partial charge in [-0.1, -0.05) is 26.3 Å². The Morgan fingerprint density at radius 2 is 2.04 bits per heavy atom. The summed E-state index contributed by atoms with van der Waals surface area (Å²) in [6.07, 6.45) is 8.33. The first kappa shape index (κ1) is 22.8. The maximum absolute atomic E-state index is 12.2. The quantitative estimate of drug-likeness (QED) is 0.330. The average molecular weight is 381 g/mol. The summed E-state index contributed by atoms with van der Waals surface area (Å²) in [5.41, 5.74) is 1.17. The van der Waals surface area contributed by atoms with E-state index in [-0.39, 0.29) is 28.8 Å². The monoisotopic (exact) mass is 380 g/mol. The van der Waals surface area contributed by atoms with Crippen molar-refractivity contribution >= 4 is 20.1 Å². The zero-order chi connectivity index (χ0) is 20.0. The molecule has 0 saturated heterocycles. The summed E-state index contributed by atoms with van der Waals surface area (Å²) in [4.78, 5) is 23.9. The molecule has 0 saturated carbocycles. The van der Waals surface area contributed by atoms with E-state index in [1.165, 1.54) is 11.6 Å². The van der Waals surface area contributed by atoms with Crippen LogP contribution in [0.5, 0.6) is 0 Å². The Hall–Kier alpha value is -1.20. The molecule has 0 aromatic carbocycles. The maximum atomic E-state index is 12.2. The van der Waals surface area contributed by atoms with Gasteiger partial charge in [0.1, 0.15) is 0 Å². The van der Waals surface area contributed by atoms with Gasteiger partial charge >= 0.3 is 5.97 Å². The van der Waals surface area contributed by atoms with Crippen LogP contribution >= 0.6 is 0 Å². The average Bonchev–Trinajstić information content (AvgIpc) is 2.50. The van der Waals surface area contributed by atoms with Crippen molar-refractivity contribution < 1.29 is 18.8 Å². The summed E-state index contributed by atoms with van der Waals surface area (Å²) in [7, 11) is -1.97. The predicted molar refractivity (Wildman–Crippen MR) is 109 cm³/mol. The molecule has 0 fully saturated rings. The van der Waals surface area contributed by atoms with Crippen molar-refractivity contribution in [2.24, 2.45) is 5.92 Å². The topological polar surface area (TPSA) is 52.6 Å². The predicted octanol–water partition coefficient (Wildman–Crippen LogP) is 5.20. The van der Waals surface area contributed by atoms with Gasteiger partial charge in [0.15, 0.2) is 14.1 Å². The van der Waals surface area contributed by atoms with Gasteiger partial charge < -0.3 is 9.16 Å². The van der Waals surface area contributed by atoms with E-state index < -0.39 is 8.32 Å². The molecule has 0 N–H and O–H groups in total. The van der Waals surface area contributed by atoms with E-state index in [1.54, 1.807) is 13.0 Å². The molecule has 26 heavy (non-hydrogen) atoms. The van der Waals surface area contributed by atoms with Crippen LogP contribution in [0.25, 0.3) is 0 Å². The lowest BCUT2D eigenvalue weighted by Crippen LogP contribution is -2.43. The van der Waals surface area contributed by atoms with E-state index in [2.05, 4.69) is 33.9 Å². The summed E-state index contributed by atoms with van der Waals surface area (Å²) in [6.45, 7) is 15.2. The van der Waals surface area contributed by atoms with Gasteiger partial charge in [0.25, 0.3) is 0 Å². The largest absolute Gasteiger partial charge is 0.463 e. The number of allylic oxidation sites excluding steroid dienone is 2. The molecule has 1 rings (SSSR count). The Balaban J connectivity index is 2.80. The second kappa shape index (κ2) is 9.65. The number of hydrogen-bond acceptors (Lipinski definition) is 4. The third-order valence-corrected chi connectivity index (χ3v) is 9.97. The molecule has 0 bridgehead atoms. The highest BCUT2D eigenvalue weighted by molar-refractivity contribution is 6.74. The van der Waals surface area contributed by atoms with Crippen LogP contribution in [0, 0.1) is 5.92 Å². The first-order valence-electron chi connectivity index (χ1n) is 9.70. The molecule has 0 radical (unpaired) electrons. The van der Waals surface area contributed by atoms with Crippen LogP contribution in [0.3, 0.4) is 0 Å². The Morgan fingerprint density at radius 1 is 1.38 bits per heavy atom. The summed E-state index contributed by atoms with van der Waals surface area (Å²) in [6, 6.07) is 0. The summed E-state index contributed by atoms with van der Waals surface area (Å²) in [5, 5.41) is 0.0868. The number of carbonyl (C=O) groups is 2. The van der Waals surface area contributed by atoms with Crippen molar-refractivity contribution in [1.82, 2.24) is 0 Å². The van der Waals surface area contributed by atoms with Crippen molar-refractivity contribution in [3.63, 3.8) is 0 Å². The van der Waals surface area contributed by atoms with Gasteiger partial charge in [0, 0.05) is 12.0 Å². The van der Waals surface area contributed by atoms with Gasteiger partial charge in [-0.15, -0.1) is 0 Å². The fraction of sp³-hybridized carbons (Fsp3) is 0.714. The minimum absolute atomic E-state index is 0.0696. The van der Waals surface area contributed by atoms with Crippen LogP contribution < -0.4 is 0 Å². The second-order valence-electron chi connectivity index (χ2n) is 8.73. The Morgan fingerprint density at radius 3 is 2.58 bits per heavy atom. The normalized spacial score (nSPS) is 20.2. The van der Waals surface area contributed by atoms with Crippen molar-refractivity contribution in [2.45, 2.75) is 84.5 Å². The van der Waals surface area contributed by atoms with Gasteiger partial charge in [-0.3, -0.25) is 4.79 Å². The lowest BCUT2D eigenvalue weighted by molar-refractivity contribution is -0.137. The van der Waals surface area contributed by atoms with Gasteiger partial charge in [0.2, 0.25) is 0 Å². The van der Waals surface area contributed by atoms with E-state index in [9.17, 15) is 9.59 Å². The van der Waals surface area contributed by atoms with Crippen LogP contribution in [0.4, 0.5) is 0 Å². The Bertz CT molecular complexity index is 555. The number of ether oxygens (including phenoxy) is 1. The minimum Gasteiger partial charge on any atom is -0.463 e. The molecule has 0 heterocycles. The summed E-state index contributed by atoms with van der Waals surface area (Å²) in [5.74, 6) is -0.0435. The summed E-state index contributed by atoms with van der Waals surface area (Å²) < 4.78 is 11.5. The van der Waals surface area contributed by atoms with Crippen LogP contribution in [0.15, 0.2) is 23.8 Å². The molecular weight excluding hydrogens is 344 g/mol. The minimum atomic E-state index is -1.97. The van der Waals surface area contributed by atoms with Crippen molar-refractivity contribution in [3.8, 4) is 0 Å². The molecule has 1 aliphatic rings. The van der Waals surface area contributed by atoms with Crippen LogP contribution in [-0.2, 0) is 18.8 Å². The highest BCUT2D eigenvalue weighted by Crippen LogP contribution is 2.38. The van der Waals surface area contributed by atoms with Crippen molar-refractivity contribution in [3.05, 3.63) is 23.8 Å². The highest BCUT2D eigenvalue weighted by Gasteiger charge is 2.39. The lowest BCUT2D eigenvalue weighted by Gasteiger charge is -2.39. The van der Waals surface area contributed by atoms with E-state index >= 15 is 0 Å². The molecule has 1 aliphatic carbocycles. The van der Waals surface area contributed by atoms with E-state index in [1.807, 2.05) is 13.0 Å². The number of esters is 1. The standard InChI is InChI=1S/C21H36O4Si/c1-8-24-20(23)14-13-18(25-26(6,7)21(3,4)5)12-11-17-10-9-16(2)15-19(17)22/h13-15,17-18H,8-12H2,1-7H3/b14-13+/t17?,18-/m1/s1. The van der Waals surface area contributed by atoms with Crippen molar-refractivity contribution in [2.75, 3.05) is 6.61 Å². The molecule has 0 aromatic heterocycles. The van der Waals surface area contributed by atoms with E-state index in [0.29, 0.717) is 6.61 Å². The summed E-state index contributed by atoms with van der Waals surface area (Å²) >= 11 is 0. The van der Waals surface area contributed by atoms with Crippen LogP contribution in [-0.4, -0.2) is 32.8 Å². The third kappa shape index (κ3) is 7.20. The van der Waals surface area contributed by atoms with Gasteiger partial charge in [-0.05, 0) is 69.8 Å². The third-order valence-electron chi connectivity index (χ3n) is 5.46. The van der Waals surface area contributed by atoms with E-state index in [4.69, 9.17) is 9.16 Å². The zero-order valence-corrected chi connectivity index (χ0v) is 18.6. The SMILES string of the molecule is CCOC(=O)/C=C/[C@@H](CCC1CCC(C)=CC1=O)O[Si](C)(C)C(C)(C)C.